The second-order valence-electron chi connectivity index (χ2n) is 13.7. The van der Waals surface area contributed by atoms with Crippen LogP contribution in [-0.4, -0.2) is 9.97 Å². The lowest BCUT2D eigenvalue weighted by Crippen LogP contribution is -2.38. The molecule has 0 bridgehead atoms. The molecular formula is C40H36N2. The molecule has 0 spiro atoms. The van der Waals surface area contributed by atoms with E-state index in [4.69, 9.17) is 9.97 Å². The summed E-state index contributed by atoms with van der Waals surface area (Å²) in [5, 5.41) is 2.68. The second kappa shape index (κ2) is 9.14. The van der Waals surface area contributed by atoms with E-state index in [1.165, 1.54) is 27.5 Å². The molecule has 8 rings (SSSR count). The first-order chi connectivity index (χ1) is 20.4. The smallest absolute Gasteiger partial charge is 0.0708 e. The van der Waals surface area contributed by atoms with Crippen LogP contribution in [0.2, 0.25) is 0 Å². The average molecular weight is 545 g/mol. The molecular weight excluding hydrogens is 508 g/mol. The van der Waals surface area contributed by atoms with E-state index in [0.29, 0.717) is 29.6 Å². The standard InChI is InChI=1S/C40H36N2/c1-39(2)32-23-25(34-17-9-11-21-41-34)19-20-28(32)26-13-6-8-16-30(26)37-38(39)36-29-15-7-5-14-27(29)31(24-33(36)40(37,3)4)35-18-10-12-22-42-35/h5,7-12,14-24,26,28,30,32,37-38H,1-4H3. The molecule has 4 aliphatic carbocycles. The SMILES string of the molecule is CC1(C)c2cc(-c3ccccn3)c3ccccc3c2C2C1C1C=CC#CC1C1C=CC(c3ccccn3)=CC1C2(C)C. The van der Waals surface area contributed by atoms with E-state index in [0.717, 1.165) is 11.4 Å². The summed E-state index contributed by atoms with van der Waals surface area (Å²) in [5.74, 6) is 9.29. The Morgan fingerprint density at radius 3 is 2.21 bits per heavy atom. The molecule has 2 heterocycles. The number of benzene rings is 2. The Bertz CT molecular complexity index is 1860. The number of fused-ring (bicyclic) bond motifs is 9. The third kappa shape index (κ3) is 3.53. The summed E-state index contributed by atoms with van der Waals surface area (Å²) in [5.41, 5.74) is 7.51. The molecule has 2 heteroatoms. The summed E-state index contributed by atoms with van der Waals surface area (Å²) in [6.45, 7) is 10.1. The normalized spacial score (nSPS) is 29.3. The Balaban J connectivity index is 1.40. The Morgan fingerprint density at radius 1 is 0.762 bits per heavy atom. The van der Waals surface area contributed by atoms with Gasteiger partial charge in [-0.1, -0.05) is 100 Å². The fourth-order valence-electron chi connectivity index (χ4n) is 9.19. The van der Waals surface area contributed by atoms with Crippen LogP contribution < -0.4 is 0 Å². The zero-order valence-electron chi connectivity index (χ0n) is 24.8. The van der Waals surface area contributed by atoms with Gasteiger partial charge in [0.15, 0.2) is 0 Å². The van der Waals surface area contributed by atoms with Gasteiger partial charge in [-0.2, -0.15) is 0 Å². The maximum absolute atomic E-state index is 4.81. The Hall–Kier alpha value is -4.22. The van der Waals surface area contributed by atoms with Crippen LogP contribution >= 0.6 is 0 Å². The number of hydrogen-bond donors (Lipinski definition) is 0. The number of rotatable bonds is 2. The summed E-state index contributed by atoms with van der Waals surface area (Å²) >= 11 is 0. The van der Waals surface area contributed by atoms with Crippen LogP contribution in [0.3, 0.4) is 0 Å². The van der Waals surface area contributed by atoms with E-state index in [2.05, 4.69) is 125 Å². The summed E-state index contributed by atoms with van der Waals surface area (Å²) < 4.78 is 0. The predicted octanol–water partition coefficient (Wildman–Crippen LogP) is 9.02. The van der Waals surface area contributed by atoms with Crippen molar-refractivity contribution in [1.82, 2.24) is 9.97 Å². The van der Waals surface area contributed by atoms with Crippen molar-refractivity contribution in [1.29, 1.82) is 0 Å². The Kier molecular flexibility index (Phi) is 5.55. The van der Waals surface area contributed by atoms with Crippen molar-refractivity contribution >= 4 is 16.3 Å². The highest BCUT2D eigenvalue weighted by Crippen LogP contribution is 2.68. The van der Waals surface area contributed by atoms with Crippen molar-refractivity contribution in [3.8, 4) is 23.1 Å². The first-order valence-electron chi connectivity index (χ1n) is 15.3. The van der Waals surface area contributed by atoms with Crippen molar-refractivity contribution in [2.75, 3.05) is 0 Å². The number of pyridine rings is 2. The van der Waals surface area contributed by atoms with Gasteiger partial charge in [-0.3, -0.25) is 9.97 Å². The van der Waals surface area contributed by atoms with Crippen molar-refractivity contribution in [2.24, 2.45) is 35.0 Å². The number of nitrogens with zero attached hydrogens (tertiary/aromatic N) is 2. The van der Waals surface area contributed by atoms with Crippen molar-refractivity contribution in [3.63, 3.8) is 0 Å². The predicted molar refractivity (Wildman–Crippen MR) is 172 cm³/mol. The quantitative estimate of drug-likeness (QED) is 0.235. The summed E-state index contributed by atoms with van der Waals surface area (Å²) in [7, 11) is 0. The van der Waals surface area contributed by atoms with Gasteiger partial charge in [0.2, 0.25) is 0 Å². The maximum Gasteiger partial charge on any atom is 0.0708 e. The largest absolute Gasteiger partial charge is 0.256 e. The molecule has 2 nitrogen and oxygen atoms in total. The molecule has 0 radical (unpaired) electrons. The minimum Gasteiger partial charge on any atom is -0.256 e. The zero-order valence-corrected chi connectivity index (χ0v) is 24.8. The van der Waals surface area contributed by atoms with Gasteiger partial charge < -0.3 is 0 Å². The summed E-state index contributed by atoms with van der Waals surface area (Å²) in [4.78, 5) is 9.55. The van der Waals surface area contributed by atoms with Gasteiger partial charge in [-0.25, -0.2) is 0 Å². The van der Waals surface area contributed by atoms with Crippen LogP contribution in [0, 0.1) is 46.8 Å². The minimum absolute atomic E-state index is 0.0230. The molecule has 0 amide bonds. The van der Waals surface area contributed by atoms with Crippen LogP contribution in [0.5, 0.6) is 0 Å². The fraction of sp³-hybridized carbons (Fsp3) is 0.300. The molecule has 4 aromatic rings. The number of hydrogen-bond acceptors (Lipinski definition) is 2. The van der Waals surface area contributed by atoms with Gasteiger partial charge >= 0.3 is 0 Å². The van der Waals surface area contributed by atoms with E-state index >= 15 is 0 Å². The van der Waals surface area contributed by atoms with Gasteiger partial charge in [0.05, 0.1) is 11.4 Å². The van der Waals surface area contributed by atoms with Crippen molar-refractivity contribution in [3.05, 3.63) is 126 Å². The van der Waals surface area contributed by atoms with Crippen LogP contribution in [0.4, 0.5) is 0 Å². The average Bonchev–Trinajstić information content (AvgIpc) is 3.23. The zero-order chi connectivity index (χ0) is 28.6. The number of aromatic nitrogens is 2. The van der Waals surface area contributed by atoms with E-state index < -0.39 is 0 Å². The van der Waals surface area contributed by atoms with Crippen LogP contribution in [0.1, 0.15) is 50.4 Å². The first-order valence-corrected chi connectivity index (χ1v) is 15.3. The molecule has 2 aromatic heterocycles. The fourth-order valence-corrected chi connectivity index (χ4v) is 9.19. The van der Waals surface area contributed by atoms with Crippen molar-refractivity contribution < 1.29 is 0 Å². The molecule has 6 atom stereocenters. The topological polar surface area (TPSA) is 25.8 Å². The summed E-state index contributed by atoms with van der Waals surface area (Å²) in [6, 6.07) is 24.0. The lowest BCUT2D eigenvalue weighted by molar-refractivity contribution is 0.128. The minimum atomic E-state index is -0.0398. The summed E-state index contributed by atoms with van der Waals surface area (Å²) in [6.07, 6.45) is 15.7. The van der Waals surface area contributed by atoms with Gasteiger partial charge in [0.1, 0.15) is 0 Å². The van der Waals surface area contributed by atoms with Crippen LogP contribution in [0.15, 0.2) is 110 Å². The highest BCUT2D eigenvalue weighted by Gasteiger charge is 2.61. The molecule has 0 aliphatic heterocycles. The Labute approximate surface area is 249 Å². The van der Waals surface area contributed by atoms with Crippen LogP contribution in [0.25, 0.3) is 27.6 Å². The lowest BCUT2D eigenvalue weighted by Gasteiger charge is -2.44. The van der Waals surface area contributed by atoms with Crippen LogP contribution in [-0.2, 0) is 5.41 Å². The molecule has 206 valence electrons. The molecule has 4 aliphatic rings. The second-order valence-corrected chi connectivity index (χ2v) is 13.7. The first kappa shape index (κ1) is 25.5. The monoisotopic (exact) mass is 544 g/mol. The lowest BCUT2D eigenvalue weighted by atomic mass is 9.59. The molecule has 2 aromatic carbocycles. The third-order valence-electron chi connectivity index (χ3n) is 11.0. The molecule has 42 heavy (non-hydrogen) atoms. The van der Waals surface area contributed by atoms with Gasteiger partial charge in [0.25, 0.3) is 0 Å². The maximum atomic E-state index is 4.81. The van der Waals surface area contributed by atoms with E-state index in [1.54, 1.807) is 5.56 Å². The van der Waals surface area contributed by atoms with Gasteiger partial charge in [0, 0.05) is 23.9 Å². The van der Waals surface area contributed by atoms with Gasteiger partial charge in [-0.05, 0) is 104 Å². The molecule has 1 saturated carbocycles. The highest BCUT2D eigenvalue weighted by atomic mass is 14.7. The third-order valence-corrected chi connectivity index (χ3v) is 11.0. The van der Waals surface area contributed by atoms with E-state index in [1.807, 2.05) is 24.5 Å². The Morgan fingerprint density at radius 2 is 1.48 bits per heavy atom. The van der Waals surface area contributed by atoms with E-state index in [-0.39, 0.29) is 16.7 Å². The van der Waals surface area contributed by atoms with Crippen molar-refractivity contribution in [2.45, 2.75) is 39.0 Å². The molecule has 6 unspecified atom stereocenters. The highest BCUT2D eigenvalue weighted by molar-refractivity contribution is 6.00. The van der Waals surface area contributed by atoms with E-state index in [9.17, 15) is 0 Å². The molecule has 0 saturated heterocycles. The molecule has 1 fully saturated rings. The number of allylic oxidation sites excluding steroid dienone is 6. The van der Waals surface area contributed by atoms with Gasteiger partial charge in [-0.15, -0.1) is 0 Å². The molecule has 0 N–H and O–H groups in total.